The summed E-state index contributed by atoms with van der Waals surface area (Å²) in [5.74, 6) is 0.575. The lowest BCUT2D eigenvalue weighted by atomic mass is 10.1. The first-order chi connectivity index (χ1) is 13.1. The summed E-state index contributed by atoms with van der Waals surface area (Å²) in [6.45, 7) is 5.91. The van der Waals surface area contributed by atoms with Crippen molar-refractivity contribution in [2.75, 3.05) is 26.3 Å². The molecule has 1 saturated heterocycles. The molecule has 2 amide bonds. The summed E-state index contributed by atoms with van der Waals surface area (Å²) < 4.78 is 10.8. The molecule has 6 nitrogen and oxygen atoms in total. The number of hydrogen-bond acceptors (Lipinski definition) is 4. The monoisotopic (exact) mass is 376 g/mol. The summed E-state index contributed by atoms with van der Waals surface area (Å²) in [4.78, 5) is 25.7. The minimum Gasteiger partial charge on any atom is -0.484 e. The Labute approximate surface area is 162 Å². The van der Waals surface area contributed by atoms with E-state index >= 15 is 0 Å². The molecule has 0 saturated carbocycles. The average molecular weight is 376 g/mol. The van der Waals surface area contributed by atoms with Gasteiger partial charge in [-0.2, -0.15) is 0 Å². The molecule has 1 aromatic rings. The molecule has 0 atom stereocenters. The number of carbonyl (C=O) groups is 2. The first-order valence-corrected chi connectivity index (χ1v) is 10.0. The summed E-state index contributed by atoms with van der Waals surface area (Å²) in [5, 5.41) is 2.99. The SMILES string of the molecule is CCCCOC(=O)N1CCC(NC(=O)COc2ccc(CCC)cc2)CC1. The van der Waals surface area contributed by atoms with E-state index in [0.717, 1.165) is 38.5 Å². The number of hydrogen-bond donors (Lipinski definition) is 1. The van der Waals surface area contributed by atoms with Crippen LogP contribution in [0.15, 0.2) is 24.3 Å². The van der Waals surface area contributed by atoms with Gasteiger partial charge in [-0.15, -0.1) is 0 Å². The molecule has 1 aromatic carbocycles. The number of carbonyl (C=O) groups excluding carboxylic acids is 2. The second-order valence-corrected chi connectivity index (χ2v) is 6.98. The molecule has 2 rings (SSSR count). The first-order valence-electron chi connectivity index (χ1n) is 10.0. The minimum absolute atomic E-state index is 0.00635. The van der Waals surface area contributed by atoms with Crippen LogP contribution >= 0.6 is 0 Å². The van der Waals surface area contributed by atoms with Crippen molar-refractivity contribution in [3.63, 3.8) is 0 Å². The number of ether oxygens (including phenoxy) is 2. The Hall–Kier alpha value is -2.24. The van der Waals surface area contributed by atoms with E-state index in [9.17, 15) is 9.59 Å². The topological polar surface area (TPSA) is 67.9 Å². The maximum atomic E-state index is 12.1. The number of piperidine rings is 1. The lowest BCUT2D eigenvalue weighted by Gasteiger charge is -2.31. The Morgan fingerprint density at radius 1 is 1.11 bits per heavy atom. The molecule has 0 bridgehead atoms. The standard InChI is InChI=1S/C21H32N2O4/c1-3-5-15-26-21(25)23-13-11-18(12-14-23)22-20(24)16-27-19-9-7-17(6-4-2)8-10-19/h7-10,18H,3-6,11-16H2,1-2H3,(H,22,24). The quantitative estimate of drug-likeness (QED) is 0.670. The number of aryl methyl sites for hydroxylation is 1. The van der Waals surface area contributed by atoms with Gasteiger partial charge in [-0.3, -0.25) is 4.79 Å². The molecule has 150 valence electrons. The van der Waals surface area contributed by atoms with Gasteiger partial charge in [0.15, 0.2) is 6.61 Å². The Morgan fingerprint density at radius 3 is 2.44 bits per heavy atom. The molecule has 1 heterocycles. The Morgan fingerprint density at radius 2 is 1.81 bits per heavy atom. The normalized spacial score (nSPS) is 14.7. The summed E-state index contributed by atoms with van der Waals surface area (Å²) >= 11 is 0. The van der Waals surface area contributed by atoms with Crippen molar-refractivity contribution < 1.29 is 19.1 Å². The number of likely N-dealkylation sites (tertiary alicyclic amines) is 1. The van der Waals surface area contributed by atoms with Crippen molar-refractivity contribution in [3.05, 3.63) is 29.8 Å². The van der Waals surface area contributed by atoms with Gasteiger partial charge in [0.1, 0.15) is 5.75 Å². The van der Waals surface area contributed by atoms with Crippen LogP contribution in [0.25, 0.3) is 0 Å². The first kappa shape index (κ1) is 21.1. The van der Waals surface area contributed by atoms with Crippen LogP contribution in [0, 0.1) is 0 Å². The third-order valence-corrected chi connectivity index (χ3v) is 4.67. The lowest BCUT2D eigenvalue weighted by molar-refractivity contribution is -0.124. The van der Waals surface area contributed by atoms with Crippen molar-refractivity contribution in [1.82, 2.24) is 10.2 Å². The fraction of sp³-hybridized carbons (Fsp3) is 0.619. The summed E-state index contributed by atoms with van der Waals surface area (Å²) in [6, 6.07) is 7.95. The third-order valence-electron chi connectivity index (χ3n) is 4.67. The number of amides is 2. The molecule has 0 radical (unpaired) electrons. The fourth-order valence-corrected chi connectivity index (χ4v) is 3.06. The van der Waals surface area contributed by atoms with E-state index < -0.39 is 0 Å². The van der Waals surface area contributed by atoms with E-state index in [-0.39, 0.29) is 24.6 Å². The number of nitrogens with zero attached hydrogens (tertiary/aromatic N) is 1. The van der Waals surface area contributed by atoms with E-state index in [1.807, 2.05) is 24.3 Å². The molecule has 1 N–H and O–H groups in total. The van der Waals surface area contributed by atoms with Crippen molar-refractivity contribution in [3.8, 4) is 5.75 Å². The summed E-state index contributed by atoms with van der Waals surface area (Å²) in [5.41, 5.74) is 1.27. The Kier molecular flexibility index (Phi) is 8.95. The molecule has 27 heavy (non-hydrogen) atoms. The van der Waals surface area contributed by atoms with Crippen LogP contribution in [0.2, 0.25) is 0 Å². The van der Waals surface area contributed by atoms with Gasteiger partial charge in [-0.25, -0.2) is 4.79 Å². The maximum Gasteiger partial charge on any atom is 0.409 e. The van der Waals surface area contributed by atoms with Gasteiger partial charge in [-0.05, 0) is 43.4 Å². The molecule has 6 heteroatoms. The van der Waals surface area contributed by atoms with Crippen LogP contribution in [0.3, 0.4) is 0 Å². The van der Waals surface area contributed by atoms with Crippen LogP contribution in [0.5, 0.6) is 5.75 Å². The molecule has 1 fully saturated rings. The van der Waals surface area contributed by atoms with E-state index in [4.69, 9.17) is 9.47 Å². The molecule has 1 aliphatic heterocycles. The largest absolute Gasteiger partial charge is 0.484 e. The van der Waals surface area contributed by atoms with Gasteiger partial charge >= 0.3 is 6.09 Å². The maximum absolute atomic E-state index is 12.1. The number of unbranched alkanes of at least 4 members (excludes halogenated alkanes) is 1. The highest BCUT2D eigenvalue weighted by Gasteiger charge is 2.24. The van der Waals surface area contributed by atoms with Gasteiger partial charge in [0.25, 0.3) is 5.91 Å². The zero-order valence-electron chi connectivity index (χ0n) is 16.5. The van der Waals surface area contributed by atoms with Crippen LogP contribution < -0.4 is 10.1 Å². The van der Waals surface area contributed by atoms with Crippen molar-refractivity contribution in [2.24, 2.45) is 0 Å². The fourth-order valence-electron chi connectivity index (χ4n) is 3.06. The van der Waals surface area contributed by atoms with E-state index in [0.29, 0.717) is 25.4 Å². The van der Waals surface area contributed by atoms with Gasteiger partial charge in [0, 0.05) is 19.1 Å². The second kappa shape index (κ2) is 11.5. The predicted molar refractivity (Wildman–Crippen MR) is 105 cm³/mol. The minimum atomic E-state index is -0.247. The number of rotatable bonds is 9. The van der Waals surface area contributed by atoms with Crippen LogP contribution in [0.1, 0.15) is 51.5 Å². The molecule has 0 spiro atoms. The molecular formula is C21H32N2O4. The smallest absolute Gasteiger partial charge is 0.409 e. The van der Waals surface area contributed by atoms with Crippen LogP contribution in [-0.4, -0.2) is 49.2 Å². The highest BCUT2D eigenvalue weighted by Crippen LogP contribution is 2.14. The molecule has 0 aromatic heterocycles. The van der Waals surface area contributed by atoms with Crippen LogP contribution in [0.4, 0.5) is 4.79 Å². The van der Waals surface area contributed by atoms with E-state index in [1.54, 1.807) is 4.90 Å². The number of benzene rings is 1. The number of nitrogens with one attached hydrogen (secondary N) is 1. The average Bonchev–Trinajstić information content (AvgIpc) is 2.68. The lowest BCUT2D eigenvalue weighted by Crippen LogP contribution is -2.47. The summed E-state index contributed by atoms with van der Waals surface area (Å²) in [6.07, 6.45) is 5.28. The van der Waals surface area contributed by atoms with Gasteiger partial charge < -0.3 is 19.7 Å². The highest BCUT2D eigenvalue weighted by molar-refractivity contribution is 5.78. The van der Waals surface area contributed by atoms with Crippen LogP contribution in [-0.2, 0) is 16.0 Å². The molecule has 1 aliphatic rings. The summed E-state index contributed by atoms with van der Waals surface area (Å²) in [7, 11) is 0. The van der Waals surface area contributed by atoms with Gasteiger partial charge in [0.05, 0.1) is 6.61 Å². The van der Waals surface area contributed by atoms with Gasteiger partial charge in [0.2, 0.25) is 0 Å². The second-order valence-electron chi connectivity index (χ2n) is 6.98. The Balaban J connectivity index is 1.64. The molecule has 0 aliphatic carbocycles. The van der Waals surface area contributed by atoms with Crippen molar-refractivity contribution in [1.29, 1.82) is 0 Å². The molecular weight excluding hydrogens is 344 g/mol. The van der Waals surface area contributed by atoms with Crippen molar-refractivity contribution >= 4 is 12.0 Å². The van der Waals surface area contributed by atoms with E-state index in [1.165, 1.54) is 5.56 Å². The zero-order chi connectivity index (χ0) is 19.5. The van der Waals surface area contributed by atoms with Gasteiger partial charge in [-0.1, -0.05) is 38.8 Å². The van der Waals surface area contributed by atoms with E-state index in [2.05, 4.69) is 19.2 Å². The molecule has 0 unspecified atom stereocenters. The predicted octanol–water partition coefficient (Wildman–Crippen LogP) is 3.54. The van der Waals surface area contributed by atoms with Crippen molar-refractivity contribution in [2.45, 2.75) is 58.4 Å². The Bertz CT molecular complexity index is 580. The zero-order valence-corrected chi connectivity index (χ0v) is 16.5. The third kappa shape index (κ3) is 7.49. The highest BCUT2D eigenvalue weighted by atomic mass is 16.6.